The number of hydrogen-bond acceptors (Lipinski definition) is 0. The molecule has 87 heavy (non-hydrogen) atoms. The Morgan fingerprint density at radius 3 is 0.655 bits per heavy atom. The van der Waals surface area contributed by atoms with Gasteiger partial charge in [0.05, 0.1) is 0 Å². The SMILES string of the molecule is CC(C)C(C)(F)C(C)C.CCC(C)(CC)[C@@](C)(F)CC.CCC(CC)[C@@](C)(F)CC.CCCC(C)(F)CCC.CCC[C@](C)(F)C(C(C)C)C(C)C.CCC[C@](C)(F)C(C)(CC)CC.CCC[C@](C)(F)C(CC)CC.CC[C@](C)(F)C(C(C)C)C(C)C. The van der Waals surface area contributed by atoms with Gasteiger partial charge in [-0.3, -0.25) is 0 Å². The summed E-state index contributed by atoms with van der Waals surface area (Å²) in [6.45, 7) is 75.0. The van der Waals surface area contributed by atoms with Gasteiger partial charge in [0.1, 0.15) is 45.4 Å². The summed E-state index contributed by atoms with van der Waals surface area (Å²) in [4.78, 5) is 0. The Hall–Kier alpha value is -0.560. The lowest BCUT2D eigenvalue weighted by atomic mass is 9.70. The molecule has 0 aromatic rings. The quantitative estimate of drug-likeness (QED) is 0.0575. The monoisotopic (exact) mass is 1270 g/mol. The highest BCUT2D eigenvalue weighted by atomic mass is 19.2. The molecule has 6 atom stereocenters. The Labute approximate surface area is 546 Å². The third-order valence-electron chi connectivity index (χ3n) is 21.6. The molecule has 0 saturated carbocycles. The third kappa shape index (κ3) is 42.4. The molecule has 0 N–H and O–H groups in total. The van der Waals surface area contributed by atoms with Gasteiger partial charge in [0, 0.05) is 10.8 Å². The lowest BCUT2D eigenvalue weighted by Gasteiger charge is -2.39. The van der Waals surface area contributed by atoms with Crippen molar-refractivity contribution in [3.63, 3.8) is 0 Å². The second kappa shape index (κ2) is 49.9. The van der Waals surface area contributed by atoms with Gasteiger partial charge in [0.2, 0.25) is 0 Å². The van der Waals surface area contributed by atoms with E-state index in [-0.39, 0.29) is 46.3 Å². The van der Waals surface area contributed by atoms with Crippen molar-refractivity contribution in [1.29, 1.82) is 0 Å². The maximum Gasteiger partial charge on any atom is 0.113 e. The number of rotatable bonds is 33. The van der Waals surface area contributed by atoms with Crippen molar-refractivity contribution in [3.8, 4) is 0 Å². The first kappa shape index (κ1) is 103. The Balaban J connectivity index is -0.000000137. The minimum atomic E-state index is -1.00. The molecule has 0 amide bonds. The van der Waals surface area contributed by atoms with Crippen LogP contribution >= 0.6 is 0 Å². The molecular formula is C79H166F8. The zero-order chi connectivity index (χ0) is 71.6. The van der Waals surface area contributed by atoms with Crippen LogP contribution in [0.4, 0.5) is 35.1 Å². The van der Waals surface area contributed by atoms with Crippen LogP contribution < -0.4 is 0 Å². The number of halogens is 8. The van der Waals surface area contributed by atoms with Gasteiger partial charge in [-0.05, 0) is 192 Å². The molecule has 0 fully saturated rings. The van der Waals surface area contributed by atoms with Crippen molar-refractivity contribution < 1.29 is 35.1 Å². The van der Waals surface area contributed by atoms with Gasteiger partial charge in [-0.2, -0.15) is 0 Å². The van der Waals surface area contributed by atoms with Crippen LogP contribution in [0.25, 0.3) is 0 Å². The first-order chi connectivity index (χ1) is 39.2. The fourth-order valence-electron chi connectivity index (χ4n) is 13.5. The smallest absolute Gasteiger partial charge is 0.113 e. The first-order valence-corrected chi connectivity index (χ1v) is 36.7. The molecule has 8 heteroatoms. The second-order valence-electron chi connectivity index (χ2n) is 30.8. The second-order valence-corrected chi connectivity index (χ2v) is 30.8. The fourth-order valence-corrected chi connectivity index (χ4v) is 13.5. The van der Waals surface area contributed by atoms with Gasteiger partial charge in [0.15, 0.2) is 0 Å². The van der Waals surface area contributed by atoms with Gasteiger partial charge in [0.25, 0.3) is 0 Å². The van der Waals surface area contributed by atoms with Gasteiger partial charge < -0.3 is 0 Å². The molecule has 0 bridgehead atoms. The Bertz CT molecular complexity index is 1450. The summed E-state index contributed by atoms with van der Waals surface area (Å²) >= 11 is 0. The lowest BCUT2D eigenvalue weighted by Crippen LogP contribution is -2.39. The fraction of sp³-hybridized carbons (Fsp3) is 1.00. The normalized spacial score (nSPS) is 16.4. The van der Waals surface area contributed by atoms with Crippen molar-refractivity contribution in [3.05, 3.63) is 0 Å². The summed E-state index contributed by atoms with van der Waals surface area (Å²) in [5, 5.41) is 0. The zero-order valence-electron chi connectivity index (χ0n) is 66.6. The van der Waals surface area contributed by atoms with E-state index in [2.05, 4.69) is 125 Å². The van der Waals surface area contributed by atoms with Crippen LogP contribution in [0.5, 0.6) is 0 Å². The van der Waals surface area contributed by atoms with Gasteiger partial charge in [-0.1, -0.05) is 265 Å². The Morgan fingerprint density at radius 2 is 0.494 bits per heavy atom. The van der Waals surface area contributed by atoms with Crippen molar-refractivity contribution in [2.45, 2.75) is 443 Å². The molecule has 0 aromatic heterocycles. The molecule has 0 nitrogen and oxygen atoms in total. The molecule has 0 spiro atoms. The van der Waals surface area contributed by atoms with E-state index < -0.39 is 45.4 Å². The summed E-state index contributed by atoms with van der Waals surface area (Å²) in [5.41, 5.74) is -8.03. The maximum absolute atomic E-state index is 14.3. The van der Waals surface area contributed by atoms with Crippen LogP contribution in [-0.4, -0.2) is 45.4 Å². The summed E-state index contributed by atoms with van der Waals surface area (Å²) in [6, 6.07) is 0. The largest absolute Gasteiger partial charge is 0.244 e. The molecule has 0 aromatic carbocycles. The van der Waals surface area contributed by atoms with Crippen LogP contribution in [0.1, 0.15) is 398 Å². The molecule has 0 aliphatic carbocycles. The van der Waals surface area contributed by atoms with E-state index in [0.29, 0.717) is 75.0 Å². The molecule has 0 heterocycles. The Kier molecular flexibility index (Phi) is 58.9. The van der Waals surface area contributed by atoms with Crippen LogP contribution in [-0.2, 0) is 0 Å². The maximum atomic E-state index is 14.3. The van der Waals surface area contributed by atoms with Gasteiger partial charge >= 0.3 is 0 Å². The van der Waals surface area contributed by atoms with Gasteiger partial charge in [-0.25, -0.2) is 35.1 Å². The van der Waals surface area contributed by atoms with E-state index in [1.54, 1.807) is 55.4 Å². The van der Waals surface area contributed by atoms with E-state index in [1.165, 1.54) is 0 Å². The standard InChI is InChI=1S/C12H25F.2C11H23F.2C10H21F.C9H19F.2C8H17F/c1-7-8-12(6,13)11(9(2)3)10(4)5;1-7-11(6,12)10(8(2)3)9(4)5;1-6-9-11(5,12)10(4,7-2)8-3;1-6-9(4,7-2)10(5,11)8-3;1-5-8-10(4,11)9(6-2)7-3;1-5-8(6-2)9(4,10)7-3;1-6(2)8(5,9)7(3)4;1-4-6-8(3,9)7-5-2/h9-11H,7-8H2,1-6H3;8-10H,7H2,1-6H3;6-9H2,1-5H3;6-8H2,1-5H3;9H,5-8H2,1-4H3;8H,5-7H2,1-4H3;6-7H,1-5H3;4-7H2,1-3H3/t12-;2*11-;2*10-;9-;;/m000000../s1. The molecule has 0 aliphatic heterocycles. The molecule has 0 radical (unpaired) electrons. The van der Waals surface area contributed by atoms with E-state index >= 15 is 0 Å². The summed E-state index contributed by atoms with van der Waals surface area (Å²) < 4.78 is 110. The van der Waals surface area contributed by atoms with E-state index in [4.69, 9.17) is 0 Å². The Morgan fingerprint density at radius 1 is 0.253 bits per heavy atom. The predicted octanol–water partition coefficient (Wildman–Crippen LogP) is 30.6. The summed E-state index contributed by atoms with van der Waals surface area (Å²) in [6.07, 6.45) is 17.6. The number of hydrogen-bond donors (Lipinski definition) is 0. The highest BCUT2D eigenvalue weighted by molar-refractivity contribution is 4.92. The van der Waals surface area contributed by atoms with Crippen molar-refractivity contribution >= 4 is 0 Å². The van der Waals surface area contributed by atoms with Crippen molar-refractivity contribution in [2.75, 3.05) is 0 Å². The predicted molar refractivity (Wildman–Crippen MR) is 383 cm³/mol. The minimum Gasteiger partial charge on any atom is -0.244 e. The number of alkyl halides is 8. The molecular weight excluding hydrogens is 1100 g/mol. The van der Waals surface area contributed by atoms with Crippen LogP contribution in [0.15, 0.2) is 0 Å². The molecule has 0 unspecified atom stereocenters. The van der Waals surface area contributed by atoms with Crippen LogP contribution in [0, 0.1) is 70.0 Å². The lowest BCUT2D eigenvalue weighted by molar-refractivity contribution is 0.00460. The average Bonchev–Trinajstić information content (AvgIpc) is 3.58. The highest BCUT2D eigenvalue weighted by Gasteiger charge is 2.43. The molecule has 0 saturated heterocycles. The van der Waals surface area contributed by atoms with Crippen molar-refractivity contribution in [1.82, 2.24) is 0 Å². The molecule has 538 valence electrons. The van der Waals surface area contributed by atoms with Crippen LogP contribution in [0.2, 0.25) is 0 Å². The minimum absolute atomic E-state index is 0.123. The van der Waals surface area contributed by atoms with E-state index in [0.717, 1.165) is 83.5 Å². The van der Waals surface area contributed by atoms with Crippen LogP contribution in [0.3, 0.4) is 0 Å². The topological polar surface area (TPSA) is 0 Å². The zero-order valence-corrected chi connectivity index (χ0v) is 66.6. The molecule has 0 aliphatic rings. The van der Waals surface area contributed by atoms with E-state index in [1.807, 2.05) is 83.1 Å². The average molecular weight is 1270 g/mol. The summed E-state index contributed by atoms with van der Waals surface area (Å²) in [5.74, 6) is 2.84. The van der Waals surface area contributed by atoms with Crippen molar-refractivity contribution in [2.24, 2.45) is 70.0 Å². The van der Waals surface area contributed by atoms with E-state index in [9.17, 15) is 35.1 Å². The van der Waals surface area contributed by atoms with Gasteiger partial charge in [-0.15, -0.1) is 0 Å². The summed E-state index contributed by atoms with van der Waals surface area (Å²) in [7, 11) is 0. The molecule has 0 rings (SSSR count). The third-order valence-corrected chi connectivity index (χ3v) is 21.6. The first-order valence-electron chi connectivity index (χ1n) is 36.7. The highest BCUT2D eigenvalue weighted by Crippen LogP contribution is 2.45.